The molecule has 0 saturated carbocycles. The topological polar surface area (TPSA) is 72.0 Å². The molecule has 2 N–H and O–H groups in total. The van der Waals surface area contributed by atoms with Crippen molar-refractivity contribution >= 4 is 11.9 Å². The fourth-order valence-corrected chi connectivity index (χ4v) is 2.41. The molecule has 0 heterocycles. The van der Waals surface area contributed by atoms with Crippen molar-refractivity contribution in [1.82, 2.24) is 10.6 Å². The number of aliphatic imine (C=N–C) groups is 1. The van der Waals surface area contributed by atoms with Gasteiger partial charge in [0.25, 0.3) is 0 Å². The summed E-state index contributed by atoms with van der Waals surface area (Å²) in [6, 6.07) is 17.0. The molecular weight excluding hydrogens is 342 g/mol. The Balaban J connectivity index is 1.84. The highest BCUT2D eigenvalue weighted by atomic mass is 16.5. The standard InChI is InChI=1S/C21H27N3O3/c1-3-26-13-12-23-21(22-2)24-15-18-10-7-11-19(14-18)20(25)27-16-17-8-5-4-6-9-17/h4-11,14H,3,12-13,15-16H2,1-2H3,(H2,22,23,24). The van der Waals surface area contributed by atoms with Gasteiger partial charge >= 0.3 is 5.97 Å². The third-order valence-corrected chi connectivity index (χ3v) is 3.80. The van der Waals surface area contributed by atoms with E-state index >= 15 is 0 Å². The van der Waals surface area contributed by atoms with E-state index in [4.69, 9.17) is 9.47 Å². The molecule has 2 aromatic rings. The third kappa shape index (κ3) is 7.50. The van der Waals surface area contributed by atoms with Crippen LogP contribution in [-0.4, -0.2) is 38.7 Å². The van der Waals surface area contributed by atoms with E-state index in [9.17, 15) is 4.79 Å². The molecule has 0 radical (unpaired) electrons. The van der Waals surface area contributed by atoms with Crippen LogP contribution in [0.15, 0.2) is 59.6 Å². The number of nitrogens with one attached hydrogen (secondary N) is 2. The molecule has 0 aromatic heterocycles. The molecule has 0 aliphatic carbocycles. The lowest BCUT2D eigenvalue weighted by molar-refractivity contribution is 0.0472. The van der Waals surface area contributed by atoms with Gasteiger partial charge in [0.1, 0.15) is 6.61 Å². The summed E-state index contributed by atoms with van der Waals surface area (Å²) in [6.07, 6.45) is 0. The number of hydrogen-bond donors (Lipinski definition) is 2. The highest BCUT2D eigenvalue weighted by Crippen LogP contribution is 2.09. The zero-order chi connectivity index (χ0) is 19.3. The third-order valence-electron chi connectivity index (χ3n) is 3.80. The summed E-state index contributed by atoms with van der Waals surface area (Å²) in [4.78, 5) is 16.4. The molecular formula is C21H27N3O3. The van der Waals surface area contributed by atoms with Gasteiger partial charge in [0.2, 0.25) is 0 Å². The van der Waals surface area contributed by atoms with Crippen LogP contribution in [0.25, 0.3) is 0 Å². The molecule has 27 heavy (non-hydrogen) atoms. The van der Waals surface area contributed by atoms with Crippen molar-refractivity contribution in [2.75, 3.05) is 26.8 Å². The van der Waals surface area contributed by atoms with Crippen LogP contribution in [0.2, 0.25) is 0 Å². The fraction of sp³-hybridized carbons (Fsp3) is 0.333. The van der Waals surface area contributed by atoms with Crippen molar-refractivity contribution in [1.29, 1.82) is 0 Å². The second-order valence-electron chi connectivity index (χ2n) is 5.81. The normalized spacial score (nSPS) is 11.1. The van der Waals surface area contributed by atoms with Crippen LogP contribution < -0.4 is 10.6 Å². The van der Waals surface area contributed by atoms with Crippen molar-refractivity contribution in [2.45, 2.75) is 20.1 Å². The van der Waals surface area contributed by atoms with Gasteiger partial charge in [-0.25, -0.2) is 4.79 Å². The van der Waals surface area contributed by atoms with Gasteiger partial charge in [-0.3, -0.25) is 4.99 Å². The molecule has 0 unspecified atom stereocenters. The van der Waals surface area contributed by atoms with Gasteiger partial charge in [0.05, 0.1) is 12.2 Å². The zero-order valence-electron chi connectivity index (χ0n) is 15.9. The Bertz CT molecular complexity index is 732. The summed E-state index contributed by atoms with van der Waals surface area (Å²) in [7, 11) is 1.72. The molecule has 2 rings (SSSR count). The van der Waals surface area contributed by atoms with E-state index in [1.807, 2.05) is 55.5 Å². The Morgan fingerprint density at radius 1 is 1.04 bits per heavy atom. The van der Waals surface area contributed by atoms with Crippen LogP contribution >= 0.6 is 0 Å². The second kappa shape index (κ2) is 11.7. The molecule has 2 aromatic carbocycles. The minimum absolute atomic E-state index is 0.262. The van der Waals surface area contributed by atoms with E-state index in [2.05, 4.69) is 15.6 Å². The average molecular weight is 369 g/mol. The number of nitrogens with zero attached hydrogens (tertiary/aromatic N) is 1. The number of carbonyl (C=O) groups is 1. The molecule has 0 atom stereocenters. The Kier molecular flexibility index (Phi) is 8.86. The first-order valence-electron chi connectivity index (χ1n) is 9.05. The van der Waals surface area contributed by atoms with E-state index < -0.39 is 0 Å². The number of hydrogen-bond acceptors (Lipinski definition) is 4. The highest BCUT2D eigenvalue weighted by Gasteiger charge is 2.08. The van der Waals surface area contributed by atoms with Gasteiger partial charge < -0.3 is 20.1 Å². The van der Waals surface area contributed by atoms with Crippen LogP contribution in [-0.2, 0) is 22.6 Å². The molecule has 144 valence electrons. The summed E-state index contributed by atoms with van der Waals surface area (Å²) in [5.74, 6) is 0.353. The molecule has 6 heteroatoms. The smallest absolute Gasteiger partial charge is 0.338 e. The van der Waals surface area contributed by atoms with E-state index in [-0.39, 0.29) is 12.6 Å². The number of carbonyl (C=O) groups excluding carboxylic acids is 1. The maximum Gasteiger partial charge on any atom is 0.338 e. The maximum absolute atomic E-state index is 12.3. The molecule has 0 bridgehead atoms. The first kappa shape index (κ1) is 20.5. The molecule has 0 aliphatic rings. The SMILES string of the molecule is CCOCCNC(=NC)NCc1cccc(C(=O)OCc2ccccc2)c1. The van der Waals surface area contributed by atoms with E-state index in [1.54, 1.807) is 13.1 Å². The Morgan fingerprint density at radius 2 is 1.81 bits per heavy atom. The van der Waals surface area contributed by atoms with Gasteiger partial charge in [-0.2, -0.15) is 0 Å². The number of esters is 1. The van der Waals surface area contributed by atoms with Crippen molar-refractivity contribution in [3.63, 3.8) is 0 Å². The first-order chi connectivity index (χ1) is 13.2. The molecule has 0 amide bonds. The van der Waals surface area contributed by atoms with Crippen LogP contribution in [0.4, 0.5) is 0 Å². The summed E-state index contributed by atoms with van der Waals surface area (Å²) >= 11 is 0. The van der Waals surface area contributed by atoms with Gasteiger partial charge in [0, 0.05) is 26.7 Å². The lowest BCUT2D eigenvalue weighted by atomic mass is 10.1. The monoisotopic (exact) mass is 369 g/mol. The van der Waals surface area contributed by atoms with Crippen molar-refractivity contribution in [2.24, 2.45) is 4.99 Å². The van der Waals surface area contributed by atoms with Crippen LogP contribution in [0.3, 0.4) is 0 Å². The molecule has 6 nitrogen and oxygen atoms in total. The average Bonchev–Trinajstić information content (AvgIpc) is 2.72. The van der Waals surface area contributed by atoms with E-state index in [0.717, 1.165) is 11.1 Å². The molecule has 0 spiro atoms. The molecule has 0 saturated heterocycles. The number of guanidine groups is 1. The lowest BCUT2D eigenvalue weighted by Gasteiger charge is -2.12. The van der Waals surface area contributed by atoms with E-state index in [1.165, 1.54) is 0 Å². The summed E-state index contributed by atoms with van der Waals surface area (Å²) < 4.78 is 10.7. The van der Waals surface area contributed by atoms with Gasteiger partial charge in [-0.1, -0.05) is 42.5 Å². The summed E-state index contributed by atoms with van der Waals surface area (Å²) in [6.45, 7) is 4.78. The lowest BCUT2D eigenvalue weighted by Crippen LogP contribution is -2.38. The highest BCUT2D eigenvalue weighted by molar-refractivity contribution is 5.89. The van der Waals surface area contributed by atoms with Gasteiger partial charge in [0.15, 0.2) is 5.96 Å². The van der Waals surface area contributed by atoms with Gasteiger partial charge in [-0.15, -0.1) is 0 Å². The summed E-state index contributed by atoms with van der Waals surface area (Å²) in [5.41, 5.74) is 2.46. The van der Waals surface area contributed by atoms with Gasteiger partial charge in [-0.05, 0) is 30.2 Å². The van der Waals surface area contributed by atoms with Crippen LogP contribution in [0.5, 0.6) is 0 Å². The summed E-state index contributed by atoms with van der Waals surface area (Å²) in [5, 5.41) is 6.39. The van der Waals surface area contributed by atoms with Crippen LogP contribution in [0, 0.1) is 0 Å². The fourth-order valence-electron chi connectivity index (χ4n) is 2.41. The van der Waals surface area contributed by atoms with Crippen molar-refractivity contribution in [3.8, 4) is 0 Å². The Labute approximate surface area is 160 Å². The maximum atomic E-state index is 12.3. The second-order valence-corrected chi connectivity index (χ2v) is 5.81. The number of rotatable bonds is 9. The number of ether oxygens (including phenoxy) is 2. The Hall–Kier alpha value is -2.86. The minimum atomic E-state index is -0.333. The Morgan fingerprint density at radius 3 is 2.56 bits per heavy atom. The molecule has 0 aliphatic heterocycles. The van der Waals surface area contributed by atoms with Crippen LogP contribution in [0.1, 0.15) is 28.4 Å². The predicted molar refractivity (Wildman–Crippen MR) is 107 cm³/mol. The molecule has 0 fully saturated rings. The first-order valence-corrected chi connectivity index (χ1v) is 9.05. The van der Waals surface area contributed by atoms with E-state index in [0.29, 0.717) is 37.8 Å². The number of benzene rings is 2. The predicted octanol–water partition coefficient (Wildman–Crippen LogP) is 2.75. The van der Waals surface area contributed by atoms with Crippen molar-refractivity contribution < 1.29 is 14.3 Å². The quantitative estimate of drug-likeness (QED) is 0.308. The largest absolute Gasteiger partial charge is 0.457 e. The minimum Gasteiger partial charge on any atom is -0.457 e. The zero-order valence-corrected chi connectivity index (χ0v) is 15.9. The van der Waals surface area contributed by atoms with Crippen molar-refractivity contribution in [3.05, 3.63) is 71.3 Å².